The Morgan fingerprint density at radius 3 is 2.49 bits per heavy atom. The van der Waals surface area contributed by atoms with E-state index in [1.165, 1.54) is 0 Å². The van der Waals surface area contributed by atoms with E-state index in [9.17, 15) is 13.2 Å². The van der Waals surface area contributed by atoms with Crippen molar-refractivity contribution in [2.45, 2.75) is 70.1 Å². The molecule has 1 N–H and O–H groups in total. The number of hydrogen-bond acceptors (Lipinski definition) is 6. The van der Waals surface area contributed by atoms with Gasteiger partial charge in [0.15, 0.2) is 0 Å². The van der Waals surface area contributed by atoms with Crippen molar-refractivity contribution in [2.24, 2.45) is 17.8 Å². The van der Waals surface area contributed by atoms with Crippen LogP contribution in [0.15, 0.2) is 59.5 Å². The average molecular weight is 523 g/mol. The average Bonchev–Trinajstić information content (AvgIpc) is 3.43. The number of aryl methyl sites for hydroxylation is 1. The van der Waals surface area contributed by atoms with Crippen LogP contribution >= 0.6 is 0 Å². The number of esters is 1. The van der Waals surface area contributed by atoms with Gasteiger partial charge in [0.2, 0.25) is 10.0 Å². The van der Waals surface area contributed by atoms with Gasteiger partial charge in [0.05, 0.1) is 16.3 Å². The molecule has 4 atom stereocenters. The third-order valence-electron chi connectivity index (χ3n) is 7.34. The largest absolute Gasteiger partial charge is 0.489 e. The van der Waals surface area contributed by atoms with E-state index in [0.717, 1.165) is 41.4 Å². The Hall–Kier alpha value is -2.97. The van der Waals surface area contributed by atoms with Crippen LogP contribution in [0, 0.1) is 24.7 Å². The molecule has 3 aromatic rings. The number of rotatable bonds is 7. The molecule has 0 saturated heterocycles. The van der Waals surface area contributed by atoms with Crippen molar-refractivity contribution in [1.29, 1.82) is 0 Å². The van der Waals surface area contributed by atoms with E-state index < -0.39 is 27.6 Å². The SMILES string of the molecule is Cc1cc(COc2ccc(S(=O)(=O)NC3C4CCC(C4)C3C(=O)OC(C)(C)C)cc2)c2ccccc2n1. The van der Waals surface area contributed by atoms with E-state index in [1.807, 2.05) is 58.0 Å². The maximum Gasteiger partial charge on any atom is 0.311 e. The molecule has 196 valence electrons. The van der Waals surface area contributed by atoms with Gasteiger partial charge in [-0.2, -0.15) is 0 Å². The molecule has 0 aliphatic heterocycles. The Kier molecular flexibility index (Phi) is 6.75. The fourth-order valence-electron chi connectivity index (χ4n) is 5.81. The molecule has 0 radical (unpaired) electrons. The van der Waals surface area contributed by atoms with Gasteiger partial charge in [-0.15, -0.1) is 0 Å². The lowest BCUT2D eigenvalue weighted by atomic mass is 9.85. The van der Waals surface area contributed by atoms with Crippen molar-refractivity contribution in [3.05, 3.63) is 65.9 Å². The van der Waals surface area contributed by atoms with Crippen LogP contribution in [0.4, 0.5) is 0 Å². The Morgan fingerprint density at radius 1 is 1.05 bits per heavy atom. The quantitative estimate of drug-likeness (QED) is 0.431. The number of benzene rings is 2. The fourth-order valence-corrected chi connectivity index (χ4v) is 7.14. The van der Waals surface area contributed by atoms with Gasteiger partial charge in [0.25, 0.3) is 0 Å². The van der Waals surface area contributed by atoms with Crippen LogP contribution in [0.25, 0.3) is 10.9 Å². The van der Waals surface area contributed by atoms with E-state index in [0.29, 0.717) is 12.4 Å². The van der Waals surface area contributed by atoms with Gasteiger partial charge in [0, 0.05) is 22.7 Å². The highest BCUT2D eigenvalue weighted by Gasteiger charge is 2.53. The molecule has 5 rings (SSSR count). The number of nitrogens with zero attached hydrogens (tertiary/aromatic N) is 1. The zero-order valence-corrected chi connectivity index (χ0v) is 22.5. The number of hydrogen-bond donors (Lipinski definition) is 1. The molecule has 7 nitrogen and oxygen atoms in total. The van der Waals surface area contributed by atoms with Gasteiger partial charge in [-0.05, 0) is 95.2 Å². The number of pyridine rings is 1. The van der Waals surface area contributed by atoms with Gasteiger partial charge in [-0.25, -0.2) is 13.1 Å². The zero-order valence-electron chi connectivity index (χ0n) is 21.7. The fraction of sp³-hybridized carbons (Fsp3) is 0.448. The minimum absolute atomic E-state index is 0.149. The van der Waals surface area contributed by atoms with Crippen molar-refractivity contribution in [1.82, 2.24) is 9.71 Å². The van der Waals surface area contributed by atoms with Gasteiger partial charge in [-0.1, -0.05) is 18.2 Å². The Morgan fingerprint density at radius 2 is 1.76 bits per heavy atom. The minimum atomic E-state index is -3.82. The number of carbonyl (C=O) groups excluding carboxylic acids is 1. The summed E-state index contributed by atoms with van der Waals surface area (Å²) in [7, 11) is -3.82. The lowest BCUT2D eigenvalue weighted by Gasteiger charge is -2.32. The summed E-state index contributed by atoms with van der Waals surface area (Å²) in [4.78, 5) is 17.7. The van der Waals surface area contributed by atoms with Crippen molar-refractivity contribution in [2.75, 3.05) is 0 Å². The van der Waals surface area contributed by atoms with Crippen LogP contribution in [-0.4, -0.2) is 31.0 Å². The predicted octanol–water partition coefficient (Wildman–Crippen LogP) is 5.16. The summed E-state index contributed by atoms with van der Waals surface area (Å²) < 4.78 is 41.0. The number of sulfonamides is 1. The molecule has 2 fully saturated rings. The number of nitrogens with one attached hydrogen (secondary N) is 1. The second kappa shape index (κ2) is 9.72. The van der Waals surface area contributed by atoms with E-state index in [1.54, 1.807) is 24.3 Å². The van der Waals surface area contributed by atoms with E-state index in [-0.39, 0.29) is 22.7 Å². The predicted molar refractivity (Wildman–Crippen MR) is 142 cm³/mol. The second-order valence-electron chi connectivity index (χ2n) is 11.2. The highest BCUT2D eigenvalue weighted by molar-refractivity contribution is 7.89. The van der Waals surface area contributed by atoms with Crippen LogP contribution in [0.5, 0.6) is 5.75 Å². The van der Waals surface area contributed by atoms with E-state index in [2.05, 4.69) is 9.71 Å². The smallest absolute Gasteiger partial charge is 0.311 e. The van der Waals surface area contributed by atoms with Gasteiger partial charge >= 0.3 is 5.97 Å². The topological polar surface area (TPSA) is 94.6 Å². The number of aromatic nitrogens is 1. The number of ether oxygens (including phenoxy) is 2. The molecule has 4 unspecified atom stereocenters. The van der Waals surface area contributed by atoms with Crippen molar-refractivity contribution in [3.63, 3.8) is 0 Å². The summed E-state index contributed by atoms with van der Waals surface area (Å²) in [5.74, 6) is 0.128. The van der Waals surface area contributed by atoms with Crippen molar-refractivity contribution < 1.29 is 22.7 Å². The normalized spacial score (nSPS) is 23.4. The summed E-state index contributed by atoms with van der Waals surface area (Å²) in [6.07, 6.45) is 2.71. The van der Waals surface area contributed by atoms with Crippen molar-refractivity contribution in [3.8, 4) is 5.75 Å². The number of fused-ring (bicyclic) bond motifs is 3. The molecule has 1 heterocycles. The Balaban J connectivity index is 1.28. The molecule has 2 aliphatic rings. The number of para-hydroxylation sites is 1. The monoisotopic (exact) mass is 522 g/mol. The molecule has 2 saturated carbocycles. The first kappa shape index (κ1) is 25.7. The number of carbonyl (C=O) groups is 1. The molecule has 2 aromatic carbocycles. The molecular weight excluding hydrogens is 488 g/mol. The minimum Gasteiger partial charge on any atom is -0.489 e. The second-order valence-corrected chi connectivity index (χ2v) is 13.0. The van der Waals surface area contributed by atoms with E-state index >= 15 is 0 Å². The highest BCUT2D eigenvalue weighted by atomic mass is 32.2. The third kappa shape index (κ3) is 5.50. The lowest BCUT2D eigenvalue weighted by molar-refractivity contribution is -0.162. The zero-order chi connectivity index (χ0) is 26.4. The van der Waals surface area contributed by atoms with E-state index in [4.69, 9.17) is 9.47 Å². The summed E-state index contributed by atoms with van der Waals surface area (Å²) in [5, 5.41) is 1.03. The highest BCUT2D eigenvalue weighted by Crippen LogP contribution is 2.49. The summed E-state index contributed by atoms with van der Waals surface area (Å²) in [5.41, 5.74) is 2.24. The molecule has 0 spiro atoms. The lowest BCUT2D eigenvalue weighted by Crippen LogP contribution is -2.48. The van der Waals surface area contributed by atoms with Crippen LogP contribution in [-0.2, 0) is 26.2 Å². The standard InChI is InChI=1S/C29H34N2O5S/c1-18-15-21(24-7-5-6-8-25(24)30-18)17-35-22-11-13-23(14-12-22)37(33,34)31-27-20-10-9-19(16-20)26(27)28(32)36-29(2,3)4/h5-8,11-15,19-20,26-27,31H,9-10,16-17H2,1-4H3. The molecule has 2 aliphatic carbocycles. The van der Waals surface area contributed by atoms with Crippen LogP contribution in [0.3, 0.4) is 0 Å². The molecule has 37 heavy (non-hydrogen) atoms. The molecular formula is C29H34N2O5S. The maximum atomic E-state index is 13.3. The van der Waals surface area contributed by atoms with Gasteiger partial charge < -0.3 is 9.47 Å². The third-order valence-corrected chi connectivity index (χ3v) is 8.82. The molecule has 8 heteroatoms. The van der Waals surface area contributed by atoms with Crippen LogP contribution in [0.1, 0.15) is 51.3 Å². The van der Waals surface area contributed by atoms with Gasteiger partial charge in [-0.3, -0.25) is 9.78 Å². The Bertz CT molecular complexity index is 1410. The summed E-state index contributed by atoms with van der Waals surface area (Å²) >= 11 is 0. The first-order valence-electron chi connectivity index (χ1n) is 12.8. The molecule has 1 aromatic heterocycles. The summed E-state index contributed by atoms with van der Waals surface area (Å²) in [6.45, 7) is 7.79. The maximum absolute atomic E-state index is 13.3. The van der Waals surface area contributed by atoms with Crippen LogP contribution in [0.2, 0.25) is 0 Å². The first-order valence-corrected chi connectivity index (χ1v) is 14.3. The van der Waals surface area contributed by atoms with Crippen molar-refractivity contribution >= 4 is 26.9 Å². The molecule has 2 bridgehead atoms. The summed E-state index contributed by atoms with van der Waals surface area (Å²) in [6, 6.07) is 15.9. The first-order chi connectivity index (χ1) is 17.5. The van der Waals surface area contributed by atoms with Crippen LogP contribution < -0.4 is 9.46 Å². The molecule has 0 amide bonds. The van der Waals surface area contributed by atoms with Gasteiger partial charge in [0.1, 0.15) is 18.0 Å². The Labute approximate surface area is 218 Å².